The van der Waals surface area contributed by atoms with Gasteiger partial charge in [-0.15, -0.1) is 11.3 Å². The Balaban J connectivity index is 1.55. The number of fused-ring (bicyclic) bond motifs is 1. The van der Waals surface area contributed by atoms with E-state index in [0.29, 0.717) is 11.7 Å². The first-order chi connectivity index (χ1) is 12.6. The molecule has 26 heavy (non-hydrogen) atoms. The lowest BCUT2D eigenvalue weighted by atomic mass is 9.96. The molecule has 2 aromatic heterocycles. The number of benzene rings is 1. The Morgan fingerprint density at radius 2 is 2.27 bits per heavy atom. The standard InChI is InChI=1S/C19H19FN4OS/c1-12-11-26-19(22-12)23-18(25)13-3-2-8-24(10-13)17-6-7-21-16-5-4-14(20)9-15(16)17/h4-7,9,11,13H,2-3,8,10H2,1H3,(H,22,23,25). The van der Waals surface area contributed by atoms with Gasteiger partial charge in [0.2, 0.25) is 5.91 Å². The minimum absolute atomic E-state index is 0.00593. The lowest BCUT2D eigenvalue weighted by Crippen LogP contribution is -2.40. The van der Waals surface area contributed by atoms with Crippen LogP contribution < -0.4 is 10.2 Å². The van der Waals surface area contributed by atoms with Crippen molar-refractivity contribution in [1.82, 2.24) is 9.97 Å². The van der Waals surface area contributed by atoms with Crippen LogP contribution in [0.2, 0.25) is 0 Å². The number of nitrogens with one attached hydrogen (secondary N) is 1. The lowest BCUT2D eigenvalue weighted by Gasteiger charge is -2.34. The van der Waals surface area contributed by atoms with Crippen molar-refractivity contribution in [2.75, 3.05) is 23.3 Å². The fraction of sp³-hybridized carbons (Fsp3) is 0.316. The number of amides is 1. The number of anilines is 2. The average molecular weight is 370 g/mol. The molecular weight excluding hydrogens is 351 g/mol. The predicted molar refractivity (Wildman–Crippen MR) is 102 cm³/mol. The van der Waals surface area contributed by atoms with Gasteiger partial charge in [0.05, 0.1) is 17.1 Å². The van der Waals surface area contributed by atoms with Crippen molar-refractivity contribution in [2.45, 2.75) is 19.8 Å². The third-order valence-electron chi connectivity index (χ3n) is 4.66. The molecule has 1 aliphatic heterocycles. The molecule has 1 atom stereocenters. The molecule has 0 spiro atoms. The van der Waals surface area contributed by atoms with Gasteiger partial charge in [0.1, 0.15) is 5.82 Å². The summed E-state index contributed by atoms with van der Waals surface area (Å²) in [7, 11) is 0. The molecule has 3 aromatic rings. The second-order valence-corrected chi connectivity index (χ2v) is 7.42. The predicted octanol–water partition coefficient (Wildman–Crippen LogP) is 3.99. The second kappa shape index (κ2) is 6.99. The summed E-state index contributed by atoms with van der Waals surface area (Å²) in [5.74, 6) is -0.407. The van der Waals surface area contributed by atoms with E-state index in [4.69, 9.17) is 0 Å². The van der Waals surface area contributed by atoms with Crippen LogP contribution in [0.3, 0.4) is 0 Å². The quantitative estimate of drug-likeness (QED) is 0.757. The highest BCUT2D eigenvalue weighted by atomic mass is 32.1. The van der Waals surface area contributed by atoms with Gasteiger partial charge in [-0.05, 0) is 44.0 Å². The number of rotatable bonds is 3. The van der Waals surface area contributed by atoms with Crippen LogP contribution in [-0.2, 0) is 4.79 Å². The Bertz CT molecular complexity index is 958. The largest absolute Gasteiger partial charge is 0.370 e. The van der Waals surface area contributed by atoms with Crippen LogP contribution in [0.4, 0.5) is 15.2 Å². The molecule has 1 saturated heterocycles. The van der Waals surface area contributed by atoms with E-state index in [1.54, 1.807) is 12.3 Å². The van der Waals surface area contributed by atoms with Gasteiger partial charge in [0, 0.05) is 35.7 Å². The summed E-state index contributed by atoms with van der Waals surface area (Å²) in [6.45, 7) is 3.35. The van der Waals surface area contributed by atoms with Crippen molar-refractivity contribution in [3.63, 3.8) is 0 Å². The van der Waals surface area contributed by atoms with E-state index < -0.39 is 0 Å². The molecule has 1 unspecified atom stereocenters. The molecule has 134 valence electrons. The summed E-state index contributed by atoms with van der Waals surface area (Å²) in [6.07, 6.45) is 3.48. The summed E-state index contributed by atoms with van der Waals surface area (Å²) in [4.78, 5) is 23.4. The molecule has 1 aromatic carbocycles. The number of halogens is 1. The molecule has 0 radical (unpaired) electrons. The molecule has 5 nitrogen and oxygen atoms in total. The smallest absolute Gasteiger partial charge is 0.231 e. The number of hydrogen-bond donors (Lipinski definition) is 1. The van der Waals surface area contributed by atoms with E-state index in [1.165, 1.54) is 23.5 Å². The molecule has 1 N–H and O–H groups in total. The Morgan fingerprint density at radius 3 is 3.08 bits per heavy atom. The highest BCUT2D eigenvalue weighted by molar-refractivity contribution is 7.13. The maximum absolute atomic E-state index is 13.7. The topological polar surface area (TPSA) is 58.1 Å². The molecule has 0 bridgehead atoms. The monoisotopic (exact) mass is 370 g/mol. The van der Waals surface area contributed by atoms with Crippen LogP contribution in [0.1, 0.15) is 18.5 Å². The first kappa shape index (κ1) is 16.9. The van der Waals surface area contributed by atoms with Crippen LogP contribution >= 0.6 is 11.3 Å². The first-order valence-electron chi connectivity index (χ1n) is 8.62. The molecule has 0 saturated carbocycles. The number of pyridine rings is 1. The molecule has 1 amide bonds. The first-order valence-corrected chi connectivity index (χ1v) is 9.50. The van der Waals surface area contributed by atoms with E-state index in [-0.39, 0.29) is 17.6 Å². The maximum atomic E-state index is 13.7. The van der Waals surface area contributed by atoms with Crippen LogP contribution in [0.5, 0.6) is 0 Å². The summed E-state index contributed by atoms with van der Waals surface area (Å²) in [6, 6.07) is 6.51. The Kier molecular flexibility index (Phi) is 4.55. The van der Waals surface area contributed by atoms with Crippen LogP contribution in [-0.4, -0.2) is 29.0 Å². The van der Waals surface area contributed by atoms with Gasteiger partial charge >= 0.3 is 0 Å². The number of thiazole rings is 1. The molecule has 1 aliphatic rings. The second-order valence-electron chi connectivity index (χ2n) is 6.56. The summed E-state index contributed by atoms with van der Waals surface area (Å²) in [5.41, 5.74) is 2.59. The van der Waals surface area contributed by atoms with Gasteiger partial charge in [-0.2, -0.15) is 0 Å². The van der Waals surface area contributed by atoms with Crippen molar-refractivity contribution in [2.24, 2.45) is 5.92 Å². The SMILES string of the molecule is Cc1csc(NC(=O)C2CCCN(c3ccnc4ccc(F)cc34)C2)n1. The fourth-order valence-corrected chi connectivity index (χ4v) is 4.10. The van der Waals surface area contributed by atoms with Crippen molar-refractivity contribution >= 4 is 39.0 Å². The van der Waals surface area contributed by atoms with Gasteiger partial charge in [0.25, 0.3) is 0 Å². The normalized spacial score (nSPS) is 17.5. The number of carbonyl (C=O) groups excluding carboxylic acids is 1. The van der Waals surface area contributed by atoms with E-state index in [0.717, 1.165) is 41.7 Å². The van der Waals surface area contributed by atoms with Crippen molar-refractivity contribution in [3.05, 3.63) is 47.4 Å². The van der Waals surface area contributed by atoms with E-state index >= 15 is 0 Å². The van der Waals surface area contributed by atoms with Crippen molar-refractivity contribution in [1.29, 1.82) is 0 Å². The number of piperidine rings is 1. The molecule has 0 aliphatic carbocycles. The number of nitrogens with zero attached hydrogens (tertiary/aromatic N) is 3. The highest BCUT2D eigenvalue weighted by Crippen LogP contribution is 2.30. The average Bonchev–Trinajstić information content (AvgIpc) is 3.06. The van der Waals surface area contributed by atoms with Gasteiger partial charge in [-0.1, -0.05) is 0 Å². The number of hydrogen-bond acceptors (Lipinski definition) is 5. The lowest BCUT2D eigenvalue weighted by molar-refractivity contribution is -0.120. The fourth-order valence-electron chi connectivity index (χ4n) is 3.41. The molecule has 3 heterocycles. The van der Waals surface area contributed by atoms with Gasteiger partial charge in [-0.3, -0.25) is 9.78 Å². The molecule has 7 heteroatoms. The minimum Gasteiger partial charge on any atom is -0.370 e. The summed E-state index contributed by atoms with van der Waals surface area (Å²) < 4.78 is 13.7. The molecular formula is C19H19FN4OS. The number of carbonyl (C=O) groups is 1. The number of aromatic nitrogens is 2. The van der Waals surface area contributed by atoms with Crippen LogP contribution in [0.15, 0.2) is 35.8 Å². The Labute approximate surface area is 154 Å². The highest BCUT2D eigenvalue weighted by Gasteiger charge is 2.27. The molecule has 1 fully saturated rings. The van der Waals surface area contributed by atoms with Crippen molar-refractivity contribution < 1.29 is 9.18 Å². The zero-order valence-electron chi connectivity index (χ0n) is 14.4. The van der Waals surface area contributed by atoms with E-state index in [1.807, 2.05) is 18.4 Å². The Hall–Kier alpha value is -2.54. The molecule has 4 rings (SSSR count). The van der Waals surface area contributed by atoms with Crippen LogP contribution in [0, 0.1) is 18.7 Å². The third kappa shape index (κ3) is 3.39. The van der Waals surface area contributed by atoms with E-state index in [2.05, 4.69) is 20.2 Å². The number of aryl methyl sites for hydroxylation is 1. The summed E-state index contributed by atoms with van der Waals surface area (Å²) >= 11 is 1.44. The maximum Gasteiger partial charge on any atom is 0.231 e. The zero-order valence-corrected chi connectivity index (χ0v) is 15.2. The zero-order chi connectivity index (χ0) is 18.1. The van der Waals surface area contributed by atoms with Crippen LogP contribution in [0.25, 0.3) is 10.9 Å². The minimum atomic E-state index is -0.280. The van der Waals surface area contributed by atoms with Gasteiger partial charge in [0.15, 0.2) is 5.13 Å². The van der Waals surface area contributed by atoms with Crippen molar-refractivity contribution in [3.8, 4) is 0 Å². The van der Waals surface area contributed by atoms with Gasteiger partial charge < -0.3 is 10.2 Å². The Morgan fingerprint density at radius 1 is 1.38 bits per heavy atom. The van der Waals surface area contributed by atoms with E-state index in [9.17, 15) is 9.18 Å². The third-order valence-corrected chi connectivity index (χ3v) is 5.54. The summed E-state index contributed by atoms with van der Waals surface area (Å²) in [5, 5.41) is 6.26. The van der Waals surface area contributed by atoms with Gasteiger partial charge in [-0.25, -0.2) is 9.37 Å².